The highest BCUT2D eigenvalue weighted by atomic mass is 16.5. The molecule has 5 rings (SSSR count). The van der Waals surface area contributed by atoms with Gasteiger partial charge in [-0.3, -0.25) is 9.59 Å². The molecule has 0 bridgehead atoms. The number of carbonyl (C=O) groups is 2. The first-order chi connectivity index (χ1) is 17.3. The Morgan fingerprint density at radius 3 is 1.89 bits per heavy atom. The monoisotopic (exact) mass is 477 g/mol. The molecule has 0 aliphatic heterocycles. The van der Waals surface area contributed by atoms with E-state index in [9.17, 15) is 9.59 Å². The highest BCUT2D eigenvalue weighted by Gasteiger charge is 2.34. The van der Waals surface area contributed by atoms with Crippen LogP contribution in [0.2, 0.25) is 0 Å². The third-order valence-electron chi connectivity index (χ3n) is 6.35. The van der Waals surface area contributed by atoms with Gasteiger partial charge in [-0.25, -0.2) is 0 Å². The third-order valence-corrected chi connectivity index (χ3v) is 6.35. The van der Waals surface area contributed by atoms with Crippen molar-refractivity contribution < 1.29 is 19.1 Å². The number of nitrogens with one attached hydrogen (secondary N) is 1. The van der Waals surface area contributed by atoms with Gasteiger partial charge >= 0.3 is 0 Å². The summed E-state index contributed by atoms with van der Waals surface area (Å²) in [5.74, 6) is 1.20. The Morgan fingerprint density at radius 2 is 1.28 bits per heavy atom. The molecule has 1 aliphatic carbocycles. The molecule has 5 nitrogen and oxygen atoms in total. The van der Waals surface area contributed by atoms with Crippen molar-refractivity contribution in [2.75, 3.05) is 12.4 Å². The van der Waals surface area contributed by atoms with Crippen LogP contribution in [0.15, 0.2) is 84.9 Å². The van der Waals surface area contributed by atoms with E-state index in [1.165, 1.54) is 5.56 Å². The van der Waals surface area contributed by atoms with Crippen LogP contribution in [-0.4, -0.2) is 18.7 Å². The minimum Gasteiger partial charge on any atom is -0.497 e. The van der Waals surface area contributed by atoms with Gasteiger partial charge in [-0.05, 0) is 59.5 Å². The van der Waals surface area contributed by atoms with Gasteiger partial charge in [-0.2, -0.15) is 0 Å². The SMILES string of the molecule is COc1ccc(Nc2ccc3c(c2Oc2ccc(C(C)(C)C)cc2)C(=O)c2ccccc2C3=O)cc1. The molecule has 0 spiro atoms. The van der Waals surface area contributed by atoms with E-state index in [0.29, 0.717) is 33.9 Å². The molecule has 0 heterocycles. The summed E-state index contributed by atoms with van der Waals surface area (Å²) in [6, 6.07) is 25.6. The molecule has 0 amide bonds. The van der Waals surface area contributed by atoms with Crippen LogP contribution in [0.3, 0.4) is 0 Å². The first-order valence-corrected chi connectivity index (χ1v) is 11.8. The van der Waals surface area contributed by atoms with E-state index in [4.69, 9.17) is 9.47 Å². The van der Waals surface area contributed by atoms with Gasteiger partial charge in [0.05, 0.1) is 18.4 Å². The molecule has 4 aromatic carbocycles. The van der Waals surface area contributed by atoms with Gasteiger partial charge in [0.2, 0.25) is 0 Å². The summed E-state index contributed by atoms with van der Waals surface area (Å²) in [4.78, 5) is 27.0. The number of anilines is 2. The van der Waals surface area contributed by atoms with Crippen molar-refractivity contribution in [1.29, 1.82) is 0 Å². The second-order valence-electron chi connectivity index (χ2n) is 9.80. The Bertz CT molecular complexity index is 1460. The van der Waals surface area contributed by atoms with Gasteiger partial charge in [-0.15, -0.1) is 0 Å². The topological polar surface area (TPSA) is 64.6 Å². The third kappa shape index (κ3) is 4.24. The van der Waals surface area contributed by atoms with Gasteiger partial charge in [0.15, 0.2) is 17.3 Å². The zero-order valence-corrected chi connectivity index (χ0v) is 20.7. The second-order valence-corrected chi connectivity index (χ2v) is 9.80. The van der Waals surface area contributed by atoms with Gasteiger partial charge in [0.1, 0.15) is 11.5 Å². The largest absolute Gasteiger partial charge is 0.497 e. The van der Waals surface area contributed by atoms with Crippen LogP contribution in [0, 0.1) is 0 Å². The molecule has 1 N–H and O–H groups in total. The molecule has 5 heteroatoms. The minimum atomic E-state index is -0.236. The number of hydrogen-bond acceptors (Lipinski definition) is 5. The summed E-state index contributed by atoms with van der Waals surface area (Å²) in [5.41, 5.74) is 3.92. The quantitative estimate of drug-likeness (QED) is 0.288. The smallest absolute Gasteiger partial charge is 0.198 e. The lowest BCUT2D eigenvalue weighted by Crippen LogP contribution is -2.22. The molecule has 0 atom stereocenters. The van der Waals surface area contributed by atoms with Crippen molar-refractivity contribution >= 4 is 22.9 Å². The fourth-order valence-corrected chi connectivity index (χ4v) is 4.33. The van der Waals surface area contributed by atoms with E-state index in [-0.39, 0.29) is 22.5 Å². The number of methoxy groups -OCH3 is 1. The average molecular weight is 478 g/mol. The first-order valence-electron chi connectivity index (χ1n) is 11.8. The molecule has 0 radical (unpaired) electrons. The van der Waals surface area contributed by atoms with Gasteiger partial charge in [-0.1, -0.05) is 57.2 Å². The molecule has 36 heavy (non-hydrogen) atoms. The predicted molar refractivity (Wildman–Crippen MR) is 141 cm³/mol. The fraction of sp³-hybridized carbons (Fsp3) is 0.161. The number of carbonyl (C=O) groups excluding carboxylic acids is 2. The van der Waals surface area contributed by atoms with E-state index < -0.39 is 0 Å². The normalized spacial score (nSPS) is 12.6. The van der Waals surface area contributed by atoms with Crippen LogP contribution in [0.1, 0.15) is 58.2 Å². The molecule has 0 saturated heterocycles. The van der Waals surface area contributed by atoms with Crippen molar-refractivity contribution in [2.24, 2.45) is 0 Å². The highest BCUT2D eigenvalue weighted by Crippen LogP contribution is 2.42. The zero-order chi connectivity index (χ0) is 25.4. The maximum Gasteiger partial charge on any atom is 0.198 e. The lowest BCUT2D eigenvalue weighted by Gasteiger charge is -2.23. The van der Waals surface area contributed by atoms with Crippen molar-refractivity contribution in [3.8, 4) is 17.2 Å². The lowest BCUT2D eigenvalue weighted by atomic mass is 9.83. The van der Waals surface area contributed by atoms with Crippen molar-refractivity contribution in [3.05, 3.63) is 113 Å². The summed E-state index contributed by atoms with van der Waals surface area (Å²) in [7, 11) is 1.61. The van der Waals surface area contributed by atoms with E-state index in [1.54, 1.807) is 43.5 Å². The summed E-state index contributed by atoms with van der Waals surface area (Å²) < 4.78 is 11.6. The Morgan fingerprint density at radius 1 is 0.667 bits per heavy atom. The van der Waals surface area contributed by atoms with E-state index in [2.05, 4.69) is 26.1 Å². The van der Waals surface area contributed by atoms with Crippen molar-refractivity contribution in [1.82, 2.24) is 0 Å². The molecule has 180 valence electrons. The van der Waals surface area contributed by atoms with Crippen LogP contribution in [0.25, 0.3) is 0 Å². The fourth-order valence-electron chi connectivity index (χ4n) is 4.33. The standard InChI is InChI=1S/C31H27NO4/c1-31(2,3)19-9-13-22(14-10-19)36-30-26(32-20-11-15-21(35-4)16-12-20)18-17-25-27(30)29(34)24-8-6-5-7-23(24)28(25)33/h5-18,32H,1-4H3. The summed E-state index contributed by atoms with van der Waals surface area (Å²) >= 11 is 0. The minimum absolute atomic E-state index is 0.00236. The summed E-state index contributed by atoms with van der Waals surface area (Å²) in [6.45, 7) is 6.44. The molecular formula is C31H27NO4. The molecule has 0 fully saturated rings. The number of ketones is 2. The van der Waals surface area contributed by atoms with Gasteiger partial charge in [0, 0.05) is 22.4 Å². The molecule has 0 aromatic heterocycles. The lowest BCUT2D eigenvalue weighted by molar-refractivity contribution is 0.0977. The van der Waals surface area contributed by atoms with Crippen LogP contribution in [-0.2, 0) is 5.41 Å². The number of ether oxygens (including phenoxy) is 2. The Labute approximate surface area is 210 Å². The second kappa shape index (κ2) is 9.00. The number of benzene rings is 4. The molecule has 0 unspecified atom stereocenters. The maximum atomic E-state index is 13.7. The van der Waals surface area contributed by atoms with E-state index in [1.807, 2.05) is 48.5 Å². The van der Waals surface area contributed by atoms with Crippen LogP contribution in [0.4, 0.5) is 11.4 Å². The Kier molecular flexibility index (Phi) is 5.84. The van der Waals surface area contributed by atoms with Crippen molar-refractivity contribution in [3.63, 3.8) is 0 Å². The average Bonchev–Trinajstić information content (AvgIpc) is 2.88. The van der Waals surface area contributed by atoms with Crippen LogP contribution in [0.5, 0.6) is 17.2 Å². The van der Waals surface area contributed by atoms with Crippen LogP contribution >= 0.6 is 0 Å². The van der Waals surface area contributed by atoms with Crippen LogP contribution < -0.4 is 14.8 Å². The van der Waals surface area contributed by atoms with E-state index in [0.717, 1.165) is 11.4 Å². The molecule has 0 saturated carbocycles. The molecule has 1 aliphatic rings. The predicted octanol–water partition coefficient (Wildman–Crippen LogP) is 7.30. The van der Waals surface area contributed by atoms with Gasteiger partial charge in [0.25, 0.3) is 0 Å². The summed E-state index contributed by atoms with van der Waals surface area (Å²) in [5, 5.41) is 3.35. The van der Waals surface area contributed by atoms with Gasteiger partial charge < -0.3 is 14.8 Å². The summed E-state index contributed by atoms with van der Waals surface area (Å²) in [6.07, 6.45) is 0. The first kappa shape index (κ1) is 23.4. The highest BCUT2D eigenvalue weighted by molar-refractivity contribution is 6.29. The number of rotatable bonds is 5. The zero-order valence-electron chi connectivity index (χ0n) is 20.7. The van der Waals surface area contributed by atoms with E-state index >= 15 is 0 Å². The van der Waals surface area contributed by atoms with Crippen molar-refractivity contribution in [2.45, 2.75) is 26.2 Å². The Balaban J connectivity index is 1.62. The number of fused-ring (bicyclic) bond motifs is 2. The molecular weight excluding hydrogens is 450 g/mol. The molecule has 4 aromatic rings. The maximum absolute atomic E-state index is 13.7. The number of hydrogen-bond donors (Lipinski definition) is 1. The Hall–Kier alpha value is -4.38.